The van der Waals surface area contributed by atoms with Crippen molar-refractivity contribution in [2.45, 2.75) is 24.3 Å². The number of rotatable bonds is 7. The molecule has 9 heteroatoms. The van der Waals surface area contributed by atoms with Crippen molar-refractivity contribution in [3.8, 4) is 0 Å². The molecule has 0 fully saturated rings. The molecule has 1 atom stereocenters. The highest BCUT2D eigenvalue weighted by atomic mass is 32.2. The first-order chi connectivity index (χ1) is 9.74. The highest BCUT2D eigenvalue weighted by Gasteiger charge is 2.24. The van der Waals surface area contributed by atoms with E-state index in [1.165, 1.54) is 19.1 Å². The average Bonchev–Trinajstić information content (AvgIpc) is 2.37. The maximum atomic E-state index is 13.4. The maximum Gasteiger partial charge on any atom is 0.305 e. The molecule has 0 spiro atoms. The molecule has 0 aliphatic carbocycles. The van der Waals surface area contributed by atoms with Gasteiger partial charge >= 0.3 is 5.97 Å². The molecule has 0 heterocycles. The van der Waals surface area contributed by atoms with E-state index in [1.807, 2.05) is 4.72 Å². The number of aliphatic carboxylic acids is 1. The van der Waals surface area contributed by atoms with Gasteiger partial charge < -0.3 is 10.4 Å². The number of benzene rings is 1. The Labute approximate surface area is 121 Å². The van der Waals surface area contributed by atoms with Crippen LogP contribution in [0.15, 0.2) is 29.2 Å². The van der Waals surface area contributed by atoms with Crippen molar-refractivity contribution in [2.75, 3.05) is 6.54 Å². The van der Waals surface area contributed by atoms with Crippen molar-refractivity contribution in [1.82, 2.24) is 10.0 Å². The molecule has 0 saturated heterocycles. The number of carbonyl (C=O) groups is 2. The third-order valence-corrected chi connectivity index (χ3v) is 4.06. The van der Waals surface area contributed by atoms with Crippen LogP contribution in [0, 0.1) is 5.82 Å². The Morgan fingerprint density at radius 3 is 2.52 bits per heavy atom. The van der Waals surface area contributed by atoms with E-state index in [0.29, 0.717) is 0 Å². The fourth-order valence-electron chi connectivity index (χ4n) is 1.46. The predicted molar refractivity (Wildman–Crippen MR) is 71.4 cm³/mol. The van der Waals surface area contributed by atoms with Crippen molar-refractivity contribution in [3.63, 3.8) is 0 Å². The van der Waals surface area contributed by atoms with Gasteiger partial charge in [-0.15, -0.1) is 0 Å². The molecule has 7 nitrogen and oxygen atoms in total. The number of nitrogens with one attached hydrogen (secondary N) is 2. The van der Waals surface area contributed by atoms with Crippen LogP contribution in [-0.2, 0) is 19.6 Å². The van der Waals surface area contributed by atoms with Gasteiger partial charge in [0.2, 0.25) is 15.9 Å². The van der Waals surface area contributed by atoms with E-state index in [4.69, 9.17) is 5.11 Å². The van der Waals surface area contributed by atoms with Gasteiger partial charge in [0.05, 0.1) is 12.5 Å². The Morgan fingerprint density at radius 2 is 1.95 bits per heavy atom. The quantitative estimate of drug-likeness (QED) is 0.659. The molecule has 21 heavy (non-hydrogen) atoms. The standard InChI is InChI=1S/C12H15FN2O5S/c1-8(12(18)14-7-6-11(16)17)15-21(19,20)10-5-3-2-4-9(10)13/h2-5,8,15H,6-7H2,1H3,(H,14,18)(H,16,17). The van der Waals surface area contributed by atoms with Crippen molar-refractivity contribution in [1.29, 1.82) is 0 Å². The van der Waals surface area contributed by atoms with Gasteiger partial charge in [-0.25, -0.2) is 12.8 Å². The Hall–Kier alpha value is -2.00. The Morgan fingerprint density at radius 1 is 1.33 bits per heavy atom. The van der Waals surface area contributed by atoms with E-state index in [0.717, 1.165) is 12.1 Å². The highest BCUT2D eigenvalue weighted by molar-refractivity contribution is 7.89. The van der Waals surface area contributed by atoms with E-state index in [2.05, 4.69) is 5.32 Å². The van der Waals surface area contributed by atoms with Crippen LogP contribution < -0.4 is 10.0 Å². The van der Waals surface area contributed by atoms with E-state index < -0.39 is 38.7 Å². The SMILES string of the molecule is CC(NS(=O)(=O)c1ccccc1F)C(=O)NCCC(=O)O. The lowest BCUT2D eigenvalue weighted by Crippen LogP contribution is -2.45. The van der Waals surface area contributed by atoms with Gasteiger partial charge in [-0.05, 0) is 19.1 Å². The van der Waals surface area contributed by atoms with Gasteiger partial charge in [-0.3, -0.25) is 9.59 Å². The molecule has 1 unspecified atom stereocenters. The fraction of sp³-hybridized carbons (Fsp3) is 0.333. The Balaban J connectivity index is 2.69. The summed E-state index contributed by atoms with van der Waals surface area (Å²) in [4.78, 5) is 21.3. The van der Waals surface area contributed by atoms with E-state index in [1.54, 1.807) is 0 Å². The van der Waals surface area contributed by atoms with Gasteiger partial charge in [0.1, 0.15) is 10.7 Å². The molecule has 0 aromatic heterocycles. The van der Waals surface area contributed by atoms with Crippen molar-refractivity contribution < 1.29 is 27.5 Å². The summed E-state index contributed by atoms with van der Waals surface area (Å²) in [5.74, 6) is -2.71. The molecule has 1 aromatic rings. The molecule has 0 aliphatic rings. The number of carboxylic acid groups (broad SMARTS) is 1. The Kier molecular flexibility index (Phi) is 5.79. The summed E-state index contributed by atoms with van der Waals surface area (Å²) in [5, 5.41) is 10.7. The first-order valence-electron chi connectivity index (χ1n) is 6.00. The van der Waals surface area contributed by atoms with Crippen LogP contribution in [-0.4, -0.2) is 38.0 Å². The minimum absolute atomic E-state index is 0.125. The smallest absolute Gasteiger partial charge is 0.305 e. The van der Waals surface area contributed by atoms with Crippen LogP contribution in [0.2, 0.25) is 0 Å². The molecule has 0 radical (unpaired) electrons. The second-order valence-corrected chi connectivity index (χ2v) is 5.89. The third-order valence-electron chi connectivity index (χ3n) is 2.49. The summed E-state index contributed by atoms with van der Waals surface area (Å²) in [6.07, 6.45) is -0.279. The van der Waals surface area contributed by atoms with Crippen molar-refractivity contribution >= 4 is 21.9 Å². The van der Waals surface area contributed by atoms with Crippen molar-refractivity contribution in [3.05, 3.63) is 30.1 Å². The summed E-state index contributed by atoms with van der Waals surface area (Å²) >= 11 is 0. The normalized spacial score (nSPS) is 12.7. The zero-order valence-corrected chi connectivity index (χ0v) is 12.0. The Bertz CT molecular complexity index is 632. The van der Waals surface area contributed by atoms with Crippen molar-refractivity contribution in [2.24, 2.45) is 0 Å². The van der Waals surface area contributed by atoms with Crippen LogP contribution in [0.5, 0.6) is 0 Å². The second-order valence-electron chi connectivity index (χ2n) is 4.21. The number of carboxylic acids is 1. The van der Waals surface area contributed by atoms with Gasteiger partial charge in [0.25, 0.3) is 0 Å². The lowest BCUT2D eigenvalue weighted by molar-refractivity contribution is -0.136. The first kappa shape index (κ1) is 17.1. The van der Waals surface area contributed by atoms with E-state index in [9.17, 15) is 22.4 Å². The van der Waals surface area contributed by atoms with Gasteiger partial charge in [0, 0.05) is 6.54 Å². The molecular formula is C12H15FN2O5S. The second kappa shape index (κ2) is 7.14. The number of carbonyl (C=O) groups excluding carboxylic acids is 1. The fourth-order valence-corrected chi connectivity index (χ4v) is 2.74. The van der Waals surface area contributed by atoms with Crippen LogP contribution in [0.25, 0.3) is 0 Å². The molecule has 1 amide bonds. The largest absolute Gasteiger partial charge is 0.481 e. The monoisotopic (exact) mass is 318 g/mol. The summed E-state index contributed by atoms with van der Waals surface area (Å²) in [5.41, 5.74) is 0. The summed E-state index contributed by atoms with van der Waals surface area (Å²) in [7, 11) is -4.18. The summed E-state index contributed by atoms with van der Waals surface area (Å²) < 4.78 is 39.3. The molecule has 3 N–H and O–H groups in total. The number of hydrogen-bond acceptors (Lipinski definition) is 4. The van der Waals surface area contributed by atoms with Gasteiger partial charge in [-0.1, -0.05) is 12.1 Å². The first-order valence-corrected chi connectivity index (χ1v) is 7.48. The van der Waals surface area contributed by atoms with E-state index in [-0.39, 0.29) is 13.0 Å². The van der Waals surface area contributed by atoms with Crippen LogP contribution in [0.1, 0.15) is 13.3 Å². The molecular weight excluding hydrogens is 303 g/mol. The minimum atomic E-state index is -4.18. The summed E-state index contributed by atoms with van der Waals surface area (Å²) in [6, 6.07) is 3.60. The lowest BCUT2D eigenvalue weighted by Gasteiger charge is -2.14. The zero-order valence-electron chi connectivity index (χ0n) is 11.2. The molecule has 1 aromatic carbocycles. The number of hydrogen-bond donors (Lipinski definition) is 3. The molecule has 0 aliphatic heterocycles. The molecule has 1 rings (SSSR count). The maximum absolute atomic E-state index is 13.4. The number of halogens is 1. The molecule has 0 bridgehead atoms. The minimum Gasteiger partial charge on any atom is -0.481 e. The van der Waals surface area contributed by atoms with E-state index >= 15 is 0 Å². The molecule has 0 saturated carbocycles. The van der Waals surface area contributed by atoms with Crippen LogP contribution in [0.4, 0.5) is 4.39 Å². The van der Waals surface area contributed by atoms with Gasteiger partial charge in [0.15, 0.2) is 0 Å². The lowest BCUT2D eigenvalue weighted by atomic mass is 10.3. The number of amides is 1. The predicted octanol–water partition coefficient (Wildman–Crippen LogP) is 0.0834. The topological polar surface area (TPSA) is 113 Å². The van der Waals surface area contributed by atoms with Crippen LogP contribution >= 0.6 is 0 Å². The zero-order chi connectivity index (χ0) is 16.0. The number of sulfonamides is 1. The summed E-state index contributed by atoms with van der Waals surface area (Å²) in [6.45, 7) is 1.15. The molecule has 116 valence electrons. The highest BCUT2D eigenvalue weighted by Crippen LogP contribution is 2.13. The van der Waals surface area contributed by atoms with Gasteiger partial charge in [-0.2, -0.15) is 4.72 Å². The van der Waals surface area contributed by atoms with Crippen LogP contribution in [0.3, 0.4) is 0 Å². The third kappa shape index (κ3) is 5.12. The average molecular weight is 318 g/mol.